The van der Waals surface area contributed by atoms with Crippen LogP contribution in [0.3, 0.4) is 0 Å². The Morgan fingerprint density at radius 1 is 1.33 bits per heavy atom. The minimum atomic E-state index is 0.196. The van der Waals surface area contributed by atoms with Crippen LogP contribution in [0.2, 0.25) is 0 Å². The summed E-state index contributed by atoms with van der Waals surface area (Å²) in [6.45, 7) is 1.30. The van der Waals surface area contributed by atoms with Crippen LogP contribution in [-0.4, -0.2) is 44.2 Å². The van der Waals surface area contributed by atoms with Crippen molar-refractivity contribution in [2.45, 2.75) is 38.1 Å². The lowest BCUT2D eigenvalue weighted by Gasteiger charge is -2.44. The van der Waals surface area contributed by atoms with E-state index < -0.39 is 0 Å². The number of hydrogen-bond acceptors (Lipinski definition) is 3. The first-order valence-corrected chi connectivity index (χ1v) is 7.13. The number of carbonyl (C=O) groups excluding carboxylic acids is 1. The summed E-state index contributed by atoms with van der Waals surface area (Å²) in [5.41, 5.74) is 6.26. The van der Waals surface area contributed by atoms with Crippen LogP contribution >= 0.6 is 0 Å². The van der Waals surface area contributed by atoms with Crippen LogP contribution in [0.5, 0.6) is 0 Å². The molecule has 0 aliphatic heterocycles. The van der Waals surface area contributed by atoms with Crippen LogP contribution in [0.15, 0.2) is 0 Å². The SMILES string of the molecule is COCCN(C)C(=O)C1CC2CCCC(C1)C2N. The molecule has 4 heteroatoms. The fourth-order valence-corrected chi connectivity index (χ4v) is 3.64. The normalized spacial score (nSPS) is 35.3. The fourth-order valence-electron chi connectivity index (χ4n) is 3.64. The van der Waals surface area contributed by atoms with Gasteiger partial charge in [-0.05, 0) is 37.5 Å². The minimum Gasteiger partial charge on any atom is -0.383 e. The van der Waals surface area contributed by atoms with Crippen LogP contribution in [0.1, 0.15) is 32.1 Å². The zero-order chi connectivity index (χ0) is 13.1. The Bertz CT molecular complexity index is 282. The number of likely N-dealkylation sites (N-methyl/N-ethyl adjacent to an activating group) is 1. The van der Waals surface area contributed by atoms with Crippen molar-refractivity contribution < 1.29 is 9.53 Å². The second-order valence-electron chi connectivity index (χ2n) is 5.95. The second-order valence-corrected chi connectivity index (χ2v) is 5.95. The number of nitrogens with two attached hydrogens (primary N) is 1. The Balaban J connectivity index is 1.92. The number of rotatable bonds is 4. The van der Waals surface area contributed by atoms with Crippen molar-refractivity contribution in [3.05, 3.63) is 0 Å². The van der Waals surface area contributed by atoms with E-state index in [4.69, 9.17) is 10.5 Å². The van der Waals surface area contributed by atoms with Crippen LogP contribution in [-0.2, 0) is 9.53 Å². The lowest BCUT2D eigenvalue weighted by Crippen LogP contribution is -2.49. The summed E-state index contributed by atoms with van der Waals surface area (Å²) in [5.74, 6) is 1.63. The van der Waals surface area contributed by atoms with Crippen LogP contribution in [0, 0.1) is 17.8 Å². The summed E-state index contributed by atoms with van der Waals surface area (Å²) in [4.78, 5) is 14.2. The molecule has 2 N–H and O–H groups in total. The maximum absolute atomic E-state index is 12.4. The summed E-state index contributed by atoms with van der Waals surface area (Å²) in [6, 6.07) is 0.340. The van der Waals surface area contributed by atoms with Gasteiger partial charge < -0.3 is 15.4 Å². The van der Waals surface area contributed by atoms with Gasteiger partial charge in [0.15, 0.2) is 0 Å². The van der Waals surface area contributed by atoms with Crippen molar-refractivity contribution in [2.75, 3.05) is 27.3 Å². The summed E-state index contributed by atoms with van der Waals surface area (Å²) in [7, 11) is 3.55. The van der Waals surface area contributed by atoms with Gasteiger partial charge in [0, 0.05) is 32.7 Å². The van der Waals surface area contributed by atoms with Gasteiger partial charge in [-0.2, -0.15) is 0 Å². The average Bonchev–Trinajstić information content (AvgIpc) is 2.34. The van der Waals surface area contributed by atoms with Gasteiger partial charge in [0.2, 0.25) is 5.91 Å². The monoisotopic (exact) mass is 254 g/mol. The molecular formula is C14H26N2O2. The second kappa shape index (κ2) is 6.02. The molecule has 0 aromatic carbocycles. The standard InChI is InChI=1S/C14H26N2O2/c1-16(6-7-18-2)14(17)12-8-10-4-3-5-11(9-12)13(10)15/h10-13H,3-9,15H2,1-2H3. The van der Waals surface area contributed by atoms with E-state index in [1.807, 2.05) is 11.9 Å². The summed E-state index contributed by atoms with van der Waals surface area (Å²) in [6.07, 6.45) is 5.71. The number of ether oxygens (including phenoxy) is 1. The first-order chi connectivity index (χ1) is 8.63. The van der Waals surface area contributed by atoms with E-state index in [0.29, 0.717) is 31.0 Å². The van der Waals surface area contributed by atoms with Crippen molar-refractivity contribution >= 4 is 5.91 Å². The molecule has 2 bridgehead atoms. The predicted molar refractivity (Wildman–Crippen MR) is 71.0 cm³/mol. The zero-order valence-electron chi connectivity index (χ0n) is 11.6. The summed E-state index contributed by atoms with van der Waals surface area (Å²) >= 11 is 0. The van der Waals surface area contributed by atoms with Crippen molar-refractivity contribution in [2.24, 2.45) is 23.5 Å². The van der Waals surface area contributed by atoms with Gasteiger partial charge in [-0.1, -0.05) is 6.42 Å². The molecule has 0 aromatic rings. The molecule has 104 valence electrons. The summed E-state index contributed by atoms with van der Waals surface area (Å²) in [5, 5.41) is 0. The highest BCUT2D eigenvalue weighted by atomic mass is 16.5. The minimum absolute atomic E-state index is 0.196. The Kier molecular flexibility index (Phi) is 4.62. The third-order valence-electron chi connectivity index (χ3n) is 4.77. The number of carbonyl (C=O) groups is 1. The van der Waals surface area contributed by atoms with E-state index in [2.05, 4.69) is 0 Å². The highest BCUT2D eigenvalue weighted by Gasteiger charge is 2.41. The molecular weight excluding hydrogens is 228 g/mol. The van der Waals surface area contributed by atoms with Crippen molar-refractivity contribution in [1.82, 2.24) is 4.90 Å². The van der Waals surface area contributed by atoms with E-state index in [9.17, 15) is 4.79 Å². The fraction of sp³-hybridized carbons (Fsp3) is 0.929. The largest absolute Gasteiger partial charge is 0.383 e. The zero-order valence-corrected chi connectivity index (χ0v) is 11.6. The topological polar surface area (TPSA) is 55.6 Å². The summed E-state index contributed by atoms with van der Waals surface area (Å²) < 4.78 is 5.03. The molecule has 0 radical (unpaired) electrons. The van der Waals surface area contributed by atoms with E-state index in [0.717, 1.165) is 12.8 Å². The molecule has 2 aliphatic rings. The lowest BCUT2D eigenvalue weighted by molar-refractivity contribution is -0.137. The number of fused-ring (bicyclic) bond motifs is 2. The average molecular weight is 254 g/mol. The third kappa shape index (κ3) is 2.86. The van der Waals surface area contributed by atoms with Crippen LogP contribution in [0.4, 0.5) is 0 Å². The van der Waals surface area contributed by atoms with Gasteiger partial charge >= 0.3 is 0 Å². The molecule has 2 rings (SSSR count). The molecule has 2 fully saturated rings. The van der Waals surface area contributed by atoms with Gasteiger partial charge in [0.25, 0.3) is 0 Å². The van der Waals surface area contributed by atoms with E-state index in [1.54, 1.807) is 7.11 Å². The Morgan fingerprint density at radius 3 is 2.50 bits per heavy atom. The van der Waals surface area contributed by atoms with E-state index in [1.165, 1.54) is 19.3 Å². The van der Waals surface area contributed by atoms with Gasteiger partial charge in [-0.15, -0.1) is 0 Å². The Morgan fingerprint density at radius 2 is 1.94 bits per heavy atom. The number of amides is 1. The number of nitrogens with zero attached hydrogens (tertiary/aromatic N) is 1. The molecule has 4 nitrogen and oxygen atoms in total. The number of methoxy groups -OCH3 is 1. The molecule has 2 aliphatic carbocycles. The molecule has 2 unspecified atom stereocenters. The molecule has 0 spiro atoms. The van der Waals surface area contributed by atoms with E-state index in [-0.39, 0.29) is 11.8 Å². The predicted octanol–water partition coefficient (Wildman–Crippen LogP) is 1.24. The number of hydrogen-bond donors (Lipinski definition) is 1. The van der Waals surface area contributed by atoms with Gasteiger partial charge in [0.05, 0.1) is 6.61 Å². The van der Waals surface area contributed by atoms with Gasteiger partial charge in [-0.3, -0.25) is 4.79 Å². The first-order valence-electron chi connectivity index (χ1n) is 7.13. The lowest BCUT2D eigenvalue weighted by atomic mass is 9.65. The highest BCUT2D eigenvalue weighted by Crippen LogP contribution is 2.42. The Hall–Kier alpha value is -0.610. The Labute approximate surface area is 110 Å². The quantitative estimate of drug-likeness (QED) is 0.821. The van der Waals surface area contributed by atoms with Crippen molar-refractivity contribution in [3.8, 4) is 0 Å². The van der Waals surface area contributed by atoms with Crippen molar-refractivity contribution in [1.29, 1.82) is 0 Å². The molecule has 2 saturated carbocycles. The molecule has 0 heterocycles. The highest BCUT2D eigenvalue weighted by molar-refractivity contribution is 5.78. The maximum Gasteiger partial charge on any atom is 0.225 e. The smallest absolute Gasteiger partial charge is 0.225 e. The van der Waals surface area contributed by atoms with Crippen molar-refractivity contribution in [3.63, 3.8) is 0 Å². The van der Waals surface area contributed by atoms with Gasteiger partial charge in [0.1, 0.15) is 0 Å². The maximum atomic E-state index is 12.4. The molecule has 1 amide bonds. The van der Waals surface area contributed by atoms with E-state index >= 15 is 0 Å². The third-order valence-corrected chi connectivity index (χ3v) is 4.77. The molecule has 0 aromatic heterocycles. The molecule has 0 saturated heterocycles. The first kappa shape index (κ1) is 13.8. The van der Waals surface area contributed by atoms with Crippen LogP contribution < -0.4 is 5.73 Å². The van der Waals surface area contributed by atoms with Gasteiger partial charge in [-0.25, -0.2) is 0 Å². The molecule has 2 atom stereocenters. The molecule has 18 heavy (non-hydrogen) atoms. The van der Waals surface area contributed by atoms with Crippen LogP contribution in [0.25, 0.3) is 0 Å².